The van der Waals surface area contributed by atoms with E-state index >= 15 is 0 Å². The first-order chi connectivity index (χ1) is 11.2. The molecule has 122 valence electrons. The summed E-state index contributed by atoms with van der Waals surface area (Å²) in [5, 5.41) is 2.64. The molecule has 2 fully saturated rings. The van der Waals surface area contributed by atoms with Crippen LogP contribution in [-0.2, 0) is 0 Å². The number of thiazole rings is 1. The molecule has 6 nitrogen and oxygen atoms in total. The van der Waals surface area contributed by atoms with Gasteiger partial charge < -0.3 is 14.8 Å². The number of nitrogens with zero attached hydrogens (tertiary/aromatic N) is 4. The second-order valence-corrected chi connectivity index (χ2v) is 7.42. The molecule has 4 heterocycles. The number of imidazole rings is 1. The Bertz CT molecular complexity index is 687. The monoisotopic (exact) mass is 331 g/mol. The van der Waals surface area contributed by atoms with E-state index in [0.29, 0.717) is 5.69 Å². The molecule has 0 unspecified atom stereocenters. The number of likely N-dealkylation sites (tertiary alicyclic amines) is 2. The second-order valence-electron chi connectivity index (χ2n) is 6.56. The summed E-state index contributed by atoms with van der Waals surface area (Å²) in [6.45, 7) is 2.99. The predicted molar refractivity (Wildman–Crippen MR) is 89.4 cm³/mol. The van der Waals surface area contributed by atoms with Crippen LogP contribution in [0.1, 0.15) is 36.2 Å². The number of aromatic nitrogens is 3. The van der Waals surface area contributed by atoms with Crippen molar-refractivity contribution < 1.29 is 4.79 Å². The van der Waals surface area contributed by atoms with Gasteiger partial charge in [0.15, 0.2) is 10.8 Å². The molecule has 1 amide bonds. The lowest BCUT2D eigenvalue weighted by Gasteiger charge is -2.44. The van der Waals surface area contributed by atoms with E-state index in [2.05, 4.69) is 31.8 Å². The zero-order chi connectivity index (χ0) is 15.9. The molecule has 23 heavy (non-hydrogen) atoms. The second kappa shape index (κ2) is 5.72. The molecule has 7 heteroatoms. The van der Waals surface area contributed by atoms with E-state index in [1.165, 1.54) is 11.3 Å². The molecule has 0 radical (unpaired) electrons. The third kappa shape index (κ3) is 2.57. The Morgan fingerprint density at radius 1 is 1.30 bits per heavy atom. The van der Waals surface area contributed by atoms with Gasteiger partial charge in [-0.1, -0.05) is 0 Å². The Morgan fingerprint density at radius 2 is 2.13 bits per heavy atom. The van der Waals surface area contributed by atoms with E-state index < -0.39 is 0 Å². The average molecular weight is 331 g/mol. The Morgan fingerprint density at radius 3 is 2.87 bits per heavy atom. The largest absolute Gasteiger partial charge is 0.343 e. The smallest absolute Gasteiger partial charge is 0.273 e. The van der Waals surface area contributed by atoms with Crippen LogP contribution in [0.2, 0.25) is 0 Å². The van der Waals surface area contributed by atoms with E-state index in [0.717, 1.165) is 56.1 Å². The van der Waals surface area contributed by atoms with Gasteiger partial charge in [0.1, 0.15) is 5.69 Å². The van der Waals surface area contributed by atoms with Gasteiger partial charge in [0, 0.05) is 42.9 Å². The lowest BCUT2D eigenvalue weighted by Crippen LogP contribution is -2.53. The zero-order valence-corrected chi connectivity index (χ0v) is 14.1. The Hall–Kier alpha value is -1.73. The molecule has 2 aliphatic rings. The number of carbonyl (C=O) groups excluding carboxylic acids is 1. The molecule has 0 bridgehead atoms. The quantitative estimate of drug-likeness (QED) is 0.916. The van der Waals surface area contributed by atoms with Crippen LogP contribution in [0.4, 0.5) is 0 Å². The van der Waals surface area contributed by atoms with Crippen molar-refractivity contribution in [3.8, 4) is 10.8 Å². The Labute approximate surface area is 139 Å². The fourth-order valence-corrected chi connectivity index (χ4v) is 4.56. The molecule has 2 aromatic rings. The first-order valence-corrected chi connectivity index (χ1v) is 9.02. The van der Waals surface area contributed by atoms with Crippen molar-refractivity contribution in [3.05, 3.63) is 23.5 Å². The van der Waals surface area contributed by atoms with Crippen LogP contribution in [0.15, 0.2) is 17.8 Å². The van der Waals surface area contributed by atoms with Gasteiger partial charge >= 0.3 is 0 Å². The summed E-state index contributed by atoms with van der Waals surface area (Å²) in [7, 11) is 2.16. The van der Waals surface area contributed by atoms with Gasteiger partial charge in [-0.3, -0.25) is 4.79 Å². The standard InChI is InChI=1S/C16H21N5OS/c1-20-9-4-16(5-10-20)3-2-8-21(16)15(22)12-11-23-14(19-12)13-17-6-7-18-13/h6-7,11H,2-5,8-10H2,1H3,(H,17,18). The first kappa shape index (κ1) is 14.8. The van der Waals surface area contributed by atoms with Gasteiger partial charge in [0.05, 0.1) is 0 Å². The van der Waals surface area contributed by atoms with Crippen molar-refractivity contribution in [3.63, 3.8) is 0 Å². The predicted octanol–water partition coefficient (Wildman–Crippen LogP) is 2.23. The highest BCUT2D eigenvalue weighted by Gasteiger charge is 2.45. The van der Waals surface area contributed by atoms with Crippen LogP contribution in [0.5, 0.6) is 0 Å². The molecule has 2 saturated heterocycles. The van der Waals surface area contributed by atoms with Gasteiger partial charge in [0.25, 0.3) is 5.91 Å². The number of H-pyrrole nitrogens is 1. The normalized spacial score (nSPS) is 21.2. The molecule has 1 N–H and O–H groups in total. The summed E-state index contributed by atoms with van der Waals surface area (Å²) in [6.07, 6.45) is 7.85. The van der Waals surface area contributed by atoms with E-state index in [9.17, 15) is 4.79 Å². The highest BCUT2D eigenvalue weighted by molar-refractivity contribution is 7.13. The molecule has 1 spiro atoms. The summed E-state index contributed by atoms with van der Waals surface area (Å²) >= 11 is 1.47. The fourth-order valence-electron chi connectivity index (χ4n) is 3.81. The number of hydrogen-bond donors (Lipinski definition) is 1. The van der Waals surface area contributed by atoms with Gasteiger partial charge in [-0.15, -0.1) is 11.3 Å². The van der Waals surface area contributed by atoms with Gasteiger partial charge in [0.2, 0.25) is 0 Å². The third-order valence-corrected chi connectivity index (χ3v) is 6.03. The van der Waals surface area contributed by atoms with Crippen LogP contribution in [0.25, 0.3) is 10.8 Å². The highest BCUT2D eigenvalue weighted by atomic mass is 32.1. The molecular formula is C16H21N5OS. The molecule has 0 aliphatic carbocycles. The minimum Gasteiger partial charge on any atom is -0.343 e. The number of piperidine rings is 1. The van der Waals surface area contributed by atoms with Crippen LogP contribution >= 0.6 is 11.3 Å². The molecule has 0 aromatic carbocycles. The van der Waals surface area contributed by atoms with E-state index in [-0.39, 0.29) is 11.4 Å². The highest BCUT2D eigenvalue weighted by Crippen LogP contribution is 2.39. The van der Waals surface area contributed by atoms with Gasteiger partial charge in [-0.25, -0.2) is 9.97 Å². The zero-order valence-electron chi connectivity index (χ0n) is 13.3. The molecule has 0 atom stereocenters. The van der Waals surface area contributed by atoms with Crippen molar-refractivity contribution >= 4 is 17.2 Å². The van der Waals surface area contributed by atoms with E-state index in [4.69, 9.17) is 0 Å². The maximum atomic E-state index is 13.0. The lowest BCUT2D eigenvalue weighted by atomic mass is 9.85. The molecule has 4 rings (SSSR count). The maximum Gasteiger partial charge on any atom is 0.273 e. The van der Waals surface area contributed by atoms with Crippen LogP contribution in [0, 0.1) is 0 Å². The Kier molecular flexibility index (Phi) is 3.69. The summed E-state index contributed by atoms with van der Waals surface area (Å²) in [5.41, 5.74) is 0.611. The molecule has 2 aromatic heterocycles. The van der Waals surface area contributed by atoms with Gasteiger partial charge in [-0.2, -0.15) is 0 Å². The number of nitrogens with one attached hydrogen (secondary N) is 1. The third-order valence-electron chi connectivity index (χ3n) is 5.18. The number of aromatic amines is 1. The summed E-state index contributed by atoms with van der Waals surface area (Å²) < 4.78 is 0. The van der Waals surface area contributed by atoms with Crippen LogP contribution in [0.3, 0.4) is 0 Å². The first-order valence-electron chi connectivity index (χ1n) is 8.14. The summed E-state index contributed by atoms with van der Waals surface area (Å²) in [5.74, 6) is 0.811. The number of amides is 1. The van der Waals surface area contributed by atoms with Crippen molar-refractivity contribution in [2.75, 3.05) is 26.7 Å². The minimum absolute atomic E-state index is 0.0536. The number of carbonyl (C=O) groups is 1. The fraction of sp³-hybridized carbons (Fsp3) is 0.562. The maximum absolute atomic E-state index is 13.0. The molecule has 2 aliphatic heterocycles. The van der Waals surface area contributed by atoms with Gasteiger partial charge in [-0.05, 0) is 32.7 Å². The Balaban J connectivity index is 1.56. The minimum atomic E-state index is 0.0536. The number of rotatable bonds is 2. The van der Waals surface area contributed by atoms with Crippen molar-refractivity contribution in [2.24, 2.45) is 0 Å². The van der Waals surface area contributed by atoms with Crippen molar-refractivity contribution in [1.29, 1.82) is 0 Å². The van der Waals surface area contributed by atoms with Crippen LogP contribution in [-0.4, -0.2) is 62.9 Å². The van der Waals surface area contributed by atoms with Crippen molar-refractivity contribution in [2.45, 2.75) is 31.2 Å². The van der Waals surface area contributed by atoms with Crippen LogP contribution < -0.4 is 0 Å². The molecular weight excluding hydrogens is 310 g/mol. The topological polar surface area (TPSA) is 65.1 Å². The molecule has 0 saturated carbocycles. The number of hydrogen-bond acceptors (Lipinski definition) is 5. The SMILES string of the molecule is CN1CCC2(CCCN2C(=O)c2csc(-c3ncc[nH]3)n2)CC1. The summed E-state index contributed by atoms with van der Waals surface area (Å²) in [4.78, 5) is 29.2. The van der Waals surface area contributed by atoms with E-state index in [1.54, 1.807) is 12.4 Å². The summed E-state index contributed by atoms with van der Waals surface area (Å²) in [6, 6.07) is 0. The lowest BCUT2D eigenvalue weighted by molar-refractivity contribution is 0.0404. The van der Waals surface area contributed by atoms with E-state index in [1.807, 2.05) is 5.38 Å². The van der Waals surface area contributed by atoms with Crippen molar-refractivity contribution in [1.82, 2.24) is 24.8 Å². The average Bonchev–Trinajstić information content (AvgIpc) is 3.30.